The van der Waals surface area contributed by atoms with Crippen LogP contribution in [0.15, 0.2) is 47.2 Å². The lowest BCUT2D eigenvalue weighted by atomic mass is 10.0. The lowest BCUT2D eigenvalue weighted by Crippen LogP contribution is -2.47. The largest absolute Gasteiger partial charge is 0.459 e. The molecule has 0 unspecified atom stereocenters. The zero-order valence-corrected chi connectivity index (χ0v) is 13.3. The number of pyridine rings is 1. The van der Waals surface area contributed by atoms with Crippen molar-refractivity contribution in [3.8, 4) is 0 Å². The van der Waals surface area contributed by atoms with Crippen molar-refractivity contribution in [1.29, 1.82) is 0 Å². The van der Waals surface area contributed by atoms with Crippen LogP contribution in [-0.2, 0) is 4.79 Å². The molecule has 3 heterocycles. The fraction of sp³-hybridized carbons (Fsp3) is 0.250. The van der Waals surface area contributed by atoms with E-state index in [2.05, 4.69) is 20.8 Å². The number of amides is 2. The number of aromatic nitrogens is 3. The molecular formula is C16H17N5O3. The van der Waals surface area contributed by atoms with Crippen molar-refractivity contribution in [2.24, 2.45) is 5.92 Å². The standard InChI is InChI=1S/C16H17N5O3/c1-10(2)13(17-14(22)11-6-5-9-24-11)15(23)18-16-20-19-12-7-3-4-8-21(12)16/h3-10,13H,1-2H3,(H,17,22)(H,18,20,23)/t13-/m1/s1. The normalized spacial score (nSPS) is 12.3. The molecule has 0 aromatic carbocycles. The first-order valence-electron chi connectivity index (χ1n) is 7.51. The summed E-state index contributed by atoms with van der Waals surface area (Å²) in [6, 6.07) is 7.83. The molecule has 3 rings (SSSR count). The summed E-state index contributed by atoms with van der Waals surface area (Å²) in [4.78, 5) is 24.7. The fourth-order valence-corrected chi connectivity index (χ4v) is 2.27. The van der Waals surface area contributed by atoms with Crippen molar-refractivity contribution in [2.75, 3.05) is 5.32 Å². The smallest absolute Gasteiger partial charge is 0.287 e. The van der Waals surface area contributed by atoms with Crippen LogP contribution in [0.3, 0.4) is 0 Å². The molecule has 2 N–H and O–H groups in total. The van der Waals surface area contributed by atoms with Crippen LogP contribution in [0.2, 0.25) is 0 Å². The second kappa shape index (κ2) is 6.53. The van der Waals surface area contributed by atoms with Gasteiger partial charge in [0.1, 0.15) is 6.04 Å². The van der Waals surface area contributed by atoms with Crippen LogP contribution in [0.1, 0.15) is 24.4 Å². The molecule has 0 saturated carbocycles. The molecule has 0 fully saturated rings. The summed E-state index contributed by atoms with van der Waals surface area (Å²) in [5.41, 5.74) is 0.619. The maximum Gasteiger partial charge on any atom is 0.287 e. The fourth-order valence-electron chi connectivity index (χ4n) is 2.27. The maximum absolute atomic E-state index is 12.6. The van der Waals surface area contributed by atoms with Gasteiger partial charge in [0.15, 0.2) is 11.4 Å². The number of nitrogens with one attached hydrogen (secondary N) is 2. The Balaban J connectivity index is 1.76. The minimum atomic E-state index is -0.737. The number of carbonyl (C=O) groups excluding carboxylic acids is 2. The number of nitrogens with zero attached hydrogens (tertiary/aromatic N) is 3. The Bertz CT molecular complexity index is 854. The SMILES string of the molecule is CC(C)[C@@H](NC(=O)c1ccco1)C(=O)Nc1nnc2ccccn12. The number of rotatable bonds is 5. The van der Waals surface area contributed by atoms with E-state index in [1.807, 2.05) is 26.0 Å². The van der Waals surface area contributed by atoms with Gasteiger partial charge in [-0.15, -0.1) is 10.2 Å². The highest BCUT2D eigenvalue weighted by Crippen LogP contribution is 2.11. The number of fused-ring (bicyclic) bond motifs is 1. The van der Waals surface area contributed by atoms with E-state index in [0.717, 1.165) is 0 Å². The Morgan fingerprint density at radius 2 is 2.00 bits per heavy atom. The Hall–Kier alpha value is -3.16. The molecule has 24 heavy (non-hydrogen) atoms. The van der Waals surface area contributed by atoms with Crippen LogP contribution in [0.4, 0.5) is 5.95 Å². The molecule has 0 aliphatic heterocycles. The molecule has 0 spiro atoms. The highest BCUT2D eigenvalue weighted by Gasteiger charge is 2.26. The van der Waals surface area contributed by atoms with Gasteiger partial charge >= 0.3 is 0 Å². The van der Waals surface area contributed by atoms with E-state index in [9.17, 15) is 9.59 Å². The van der Waals surface area contributed by atoms with E-state index in [1.54, 1.807) is 22.7 Å². The molecule has 0 radical (unpaired) electrons. The summed E-state index contributed by atoms with van der Waals surface area (Å²) in [5, 5.41) is 13.3. The van der Waals surface area contributed by atoms with Crippen molar-refractivity contribution in [1.82, 2.24) is 19.9 Å². The van der Waals surface area contributed by atoms with Gasteiger partial charge in [-0.05, 0) is 30.2 Å². The Kier molecular flexibility index (Phi) is 4.28. The topological polar surface area (TPSA) is 102 Å². The molecule has 3 aromatic heterocycles. The molecule has 2 amide bonds. The lowest BCUT2D eigenvalue weighted by molar-refractivity contribution is -0.118. The predicted molar refractivity (Wildman–Crippen MR) is 86.4 cm³/mol. The third-order valence-corrected chi connectivity index (χ3v) is 3.53. The van der Waals surface area contributed by atoms with E-state index in [-0.39, 0.29) is 17.6 Å². The van der Waals surface area contributed by atoms with Gasteiger partial charge in [0.25, 0.3) is 5.91 Å². The summed E-state index contributed by atoms with van der Waals surface area (Å²) in [6.07, 6.45) is 3.15. The van der Waals surface area contributed by atoms with Gasteiger partial charge in [0, 0.05) is 6.20 Å². The molecule has 0 aliphatic carbocycles. The minimum absolute atomic E-state index is 0.122. The number of carbonyl (C=O) groups is 2. The van der Waals surface area contributed by atoms with E-state index in [4.69, 9.17) is 4.42 Å². The molecule has 8 nitrogen and oxygen atoms in total. The van der Waals surface area contributed by atoms with Gasteiger partial charge in [-0.25, -0.2) is 0 Å². The maximum atomic E-state index is 12.6. The van der Waals surface area contributed by atoms with Gasteiger partial charge in [-0.3, -0.25) is 19.3 Å². The van der Waals surface area contributed by atoms with Crippen LogP contribution in [0.5, 0.6) is 0 Å². The first kappa shape index (κ1) is 15.7. The first-order chi connectivity index (χ1) is 11.6. The van der Waals surface area contributed by atoms with Crippen LogP contribution in [0, 0.1) is 5.92 Å². The number of anilines is 1. The highest BCUT2D eigenvalue weighted by molar-refractivity contribution is 5.99. The van der Waals surface area contributed by atoms with Crippen LogP contribution in [-0.4, -0.2) is 32.5 Å². The second-order valence-corrected chi connectivity index (χ2v) is 5.61. The zero-order chi connectivity index (χ0) is 17.1. The molecule has 0 bridgehead atoms. The van der Waals surface area contributed by atoms with E-state index < -0.39 is 11.9 Å². The molecule has 0 saturated heterocycles. The van der Waals surface area contributed by atoms with Crippen LogP contribution >= 0.6 is 0 Å². The molecule has 1 atom stereocenters. The summed E-state index contributed by atoms with van der Waals surface area (Å²) < 4.78 is 6.71. The predicted octanol–water partition coefficient (Wildman–Crippen LogP) is 1.72. The van der Waals surface area contributed by atoms with Gasteiger partial charge in [-0.1, -0.05) is 19.9 Å². The van der Waals surface area contributed by atoms with Crippen molar-refractivity contribution in [3.63, 3.8) is 0 Å². The molecule has 0 aliphatic rings. The molecule has 124 valence electrons. The minimum Gasteiger partial charge on any atom is -0.459 e. The van der Waals surface area contributed by atoms with Crippen LogP contribution in [0.25, 0.3) is 5.65 Å². The molecular weight excluding hydrogens is 310 g/mol. The summed E-state index contributed by atoms with van der Waals surface area (Å²) in [7, 11) is 0. The van der Waals surface area contributed by atoms with Crippen molar-refractivity contribution in [3.05, 3.63) is 48.6 Å². The average Bonchev–Trinajstić information content (AvgIpc) is 3.22. The number of hydrogen-bond donors (Lipinski definition) is 2. The van der Waals surface area contributed by atoms with Crippen molar-refractivity contribution < 1.29 is 14.0 Å². The second-order valence-electron chi connectivity index (χ2n) is 5.61. The van der Waals surface area contributed by atoms with Crippen molar-refractivity contribution >= 4 is 23.4 Å². The summed E-state index contributed by atoms with van der Waals surface area (Å²) in [5.74, 6) is -0.485. The number of hydrogen-bond acceptors (Lipinski definition) is 5. The zero-order valence-electron chi connectivity index (χ0n) is 13.3. The summed E-state index contributed by atoms with van der Waals surface area (Å²) in [6.45, 7) is 3.68. The van der Waals surface area contributed by atoms with Gasteiger partial charge in [0.2, 0.25) is 11.9 Å². The Morgan fingerprint density at radius 1 is 1.17 bits per heavy atom. The third kappa shape index (κ3) is 3.12. The monoisotopic (exact) mass is 327 g/mol. The third-order valence-electron chi connectivity index (χ3n) is 3.53. The van der Waals surface area contributed by atoms with E-state index >= 15 is 0 Å². The quantitative estimate of drug-likeness (QED) is 0.743. The Morgan fingerprint density at radius 3 is 2.71 bits per heavy atom. The van der Waals surface area contributed by atoms with Gasteiger partial charge in [0.05, 0.1) is 6.26 Å². The van der Waals surface area contributed by atoms with Crippen LogP contribution < -0.4 is 10.6 Å². The highest BCUT2D eigenvalue weighted by atomic mass is 16.3. The first-order valence-corrected chi connectivity index (χ1v) is 7.51. The molecule has 8 heteroatoms. The summed E-state index contributed by atoms with van der Waals surface area (Å²) >= 11 is 0. The van der Waals surface area contributed by atoms with Crippen molar-refractivity contribution in [2.45, 2.75) is 19.9 Å². The Labute approximate surface area is 137 Å². The van der Waals surface area contributed by atoms with E-state index in [1.165, 1.54) is 12.3 Å². The lowest BCUT2D eigenvalue weighted by Gasteiger charge is -2.20. The number of furan rings is 1. The van der Waals surface area contributed by atoms with Gasteiger partial charge < -0.3 is 9.73 Å². The average molecular weight is 327 g/mol. The van der Waals surface area contributed by atoms with Gasteiger partial charge in [-0.2, -0.15) is 0 Å². The van der Waals surface area contributed by atoms with E-state index in [0.29, 0.717) is 11.6 Å². The molecule has 3 aromatic rings.